The van der Waals surface area contributed by atoms with E-state index in [4.69, 9.17) is 11.6 Å². The third-order valence-electron chi connectivity index (χ3n) is 2.47. The van der Waals surface area contributed by atoms with Crippen molar-refractivity contribution in [3.63, 3.8) is 0 Å². The minimum atomic E-state index is 0.652. The van der Waals surface area contributed by atoms with Gasteiger partial charge in [0.15, 0.2) is 17.2 Å². The Hall–Kier alpha value is -1.39. The largest absolute Gasteiger partial charge is 0.323 e. The molecule has 0 spiro atoms. The number of hydrogen-bond acceptors (Lipinski definition) is 2. The molecule has 3 nitrogen and oxygen atoms in total. The molecule has 0 radical (unpaired) electrons. The summed E-state index contributed by atoms with van der Waals surface area (Å²) in [6, 6.07) is 11.8. The van der Waals surface area contributed by atoms with E-state index in [-0.39, 0.29) is 0 Å². The molecule has 84 valence electrons. The Morgan fingerprint density at radius 2 is 1.94 bits per heavy atom. The Balaban J connectivity index is 2.28. The normalized spacial score (nSPS) is 10.9. The van der Waals surface area contributed by atoms with Gasteiger partial charge in [-0.15, -0.1) is 0 Å². The van der Waals surface area contributed by atoms with Gasteiger partial charge in [-0.2, -0.15) is 9.61 Å². The molecular formula is C12H8BrClN3+. The molecule has 0 unspecified atom stereocenters. The number of nitrogens with zero attached hydrogens (tertiary/aromatic N) is 3. The fourth-order valence-electron chi connectivity index (χ4n) is 1.67. The van der Waals surface area contributed by atoms with Gasteiger partial charge in [0.05, 0.1) is 22.4 Å². The van der Waals surface area contributed by atoms with Crippen molar-refractivity contribution in [2.75, 3.05) is 0 Å². The maximum atomic E-state index is 5.29. The van der Waals surface area contributed by atoms with Gasteiger partial charge in [0.2, 0.25) is 0 Å². The van der Waals surface area contributed by atoms with E-state index in [0.29, 0.717) is 5.15 Å². The van der Waals surface area contributed by atoms with Crippen LogP contribution in [0.15, 0.2) is 47.1 Å². The molecule has 1 aromatic carbocycles. The summed E-state index contributed by atoms with van der Waals surface area (Å²) in [5, 5.41) is 4.81. The van der Waals surface area contributed by atoms with Crippen LogP contribution < -0.4 is 0 Å². The lowest BCUT2D eigenvalue weighted by Crippen LogP contribution is -1.96. The van der Waals surface area contributed by atoms with Crippen molar-refractivity contribution in [3.05, 3.63) is 52.2 Å². The van der Waals surface area contributed by atoms with Gasteiger partial charge < -0.3 is 0 Å². The lowest BCUT2D eigenvalue weighted by Gasteiger charge is -2.00. The van der Waals surface area contributed by atoms with Gasteiger partial charge >= 0.3 is 5.15 Å². The molecule has 0 aliphatic heterocycles. The Labute approximate surface area is 111 Å². The van der Waals surface area contributed by atoms with E-state index < -0.39 is 0 Å². The van der Waals surface area contributed by atoms with E-state index in [2.05, 4.69) is 26.0 Å². The van der Waals surface area contributed by atoms with Crippen LogP contribution in [0.4, 0.5) is 0 Å². The van der Waals surface area contributed by atoms with Gasteiger partial charge in [-0.05, 0) is 15.9 Å². The first-order chi connectivity index (χ1) is 8.25. The predicted octanol–water partition coefficient (Wildman–Crippen LogP) is 2.86. The predicted molar refractivity (Wildman–Crippen MR) is 66.7 cm³/mol. The fourth-order valence-corrected chi connectivity index (χ4v) is 2.26. The quantitative estimate of drug-likeness (QED) is 0.647. The number of fused-ring (bicyclic) bond motifs is 1. The summed E-state index contributed by atoms with van der Waals surface area (Å²) in [4.78, 5) is 4.55. The first kappa shape index (κ1) is 10.7. The van der Waals surface area contributed by atoms with Gasteiger partial charge in [0.25, 0.3) is 0 Å². The molecule has 3 aromatic rings. The van der Waals surface area contributed by atoms with Crippen molar-refractivity contribution in [2.24, 2.45) is 0 Å². The fraction of sp³-hybridized carbons (Fsp3) is 0. The Kier molecular flexibility index (Phi) is 2.61. The Bertz CT molecular complexity index is 679. The van der Waals surface area contributed by atoms with E-state index in [1.165, 1.54) is 0 Å². The van der Waals surface area contributed by atoms with Gasteiger partial charge in [0, 0.05) is 5.56 Å². The average Bonchev–Trinajstić information content (AvgIpc) is 2.73. The number of benzene rings is 1. The highest BCUT2D eigenvalue weighted by Crippen LogP contribution is 2.23. The molecule has 0 fully saturated rings. The van der Waals surface area contributed by atoms with E-state index in [1.807, 2.05) is 36.4 Å². The molecule has 2 heterocycles. The highest BCUT2D eigenvalue weighted by atomic mass is 79.9. The second kappa shape index (κ2) is 4.13. The van der Waals surface area contributed by atoms with Crippen LogP contribution in [-0.4, -0.2) is 14.6 Å². The van der Waals surface area contributed by atoms with Crippen molar-refractivity contribution >= 4 is 21.6 Å². The van der Waals surface area contributed by atoms with E-state index >= 15 is 0 Å². The van der Waals surface area contributed by atoms with Gasteiger partial charge in [-0.25, -0.2) is 4.98 Å². The highest BCUT2D eigenvalue weighted by Gasteiger charge is 2.13. The minimum absolute atomic E-state index is 0.652. The Morgan fingerprint density at radius 3 is 2.71 bits per heavy atom. The minimum Gasteiger partial charge on any atom is -0.227 e. The van der Waals surface area contributed by atoms with E-state index in [9.17, 15) is 0 Å². The molecule has 0 N–H and O–H groups in total. The number of aromatic nitrogens is 3. The summed E-state index contributed by atoms with van der Waals surface area (Å²) in [7, 11) is 0. The maximum Gasteiger partial charge on any atom is 0.323 e. The van der Waals surface area contributed by atoms with Crippen LogP contribution in [0.5, 0.6) is 0 Å². The second-order valence-electron chi connectivity index (χ2n) is 3.57. The lowest BCUT2D eigenvalue weighted by molar-refractivity contribution is -0.299. The Morgan fingerprint density at radius 1 is 1.18 bits per heavy atom. The van der Waals surface area contributed by atoms with Crippen molar-refractivity contribution in [2.45, 2.75) is 0 Å². The molecule has 0 bridgehead atoms. The first-order valence-electron chi connectivity index (χ1n) is 5.02. The summed E-state index contributed by atoms with van der Waals surface area (Å²) in [6.07, 6.45) is 1.70. The molecule has 0 atom stereocenters. The van der Waals surface area contributed by atoms with Gasteiger partial charge in [0.1, 0.15) is 0 Å². The summed E-state index contributed by atoms with van der Waals surface area (Å²) in [6.45, 7) is 0. The topological polar surface area (TPSA) is 30.2 Å². The number of hydrogen-bond donors (Lipinski definition) is 0. The summed E-state index contributed by atoms with van der Waals surface area (Å²) < 4.78 is 2.49. The maximum absolute atomic E-state index is 5.29. The van der Waals surface area contributed by atoms with Crippen LogP contribution >= 0.6 is 15.9 Å². The number of rotatable bonds is 1. The lowest BCUT2D eigenvalue weighted by atomic mass is 10.1. The zero-order valence-electron chi connectivity index (χ0n) is 8.67. The molecule has 5 heteroatoms. The van der Waals surface area contributed by atoms with Crippen molar-refractivity contribution in [1.82, 2.24) is 14.6 Å². The zero-order valence-corrected chi connectivity index (χ0v) is 11.1. The highest BCUT2D eigenvalue weighted by molar-refractivity contribution is 9.10. The molecule has 2 aromatic heterocycles. The molecule has 0 saturated carbocycles. The van der Waals surface area contributed by atoms with Crippen LogP contribution in [-0.2, 0) is 0 Å². The molecule has 17 heavy (non-hydrogen) atoms. The molecule has 0 aliphatic rings. The van der Waals surface area contributed by atoms with Crippen LogP contribution in [0.1, 0.15) is 0 Å². The summed E-state index contributed by atoms with van der Waals surface area (Å²) in [5.74, 6) is 0. The molecule has 0 saturated heterocycles. The SMILES string of the molecule is [ClH+]c1cc(-c2ccccc2)nc2c(Br)cnn12. The van der Waals surface area contributed by atoms with Crippen LogP contribution in [0.25, 0.3) is 16.9 Å². The summed E-state index contributed by atoms with van der Waals surface area (Å²) >= 11 is 8.71. The van der Waals surface area contributed by atoms with Crippen molar-refractivity contribution in [3.8, 4) is 11.3 Å². The van der Waals surface area contributed by atoms with Crippen LogP contribution in [0.3, 0.4) is 0 Å². The van der Waals surface area contributed by atoms with Gasteiger partial charge in [-0.1, -0.05) is 30.3 Å². The monoisotopic (exact) mass is 308 g/mol. The summed E-state index contributed by atoms with van der Waals surface area (Å²) in [5.41, 5.74) is 2.66. The third kappa shape index (κ3) is 1.83. The zero-order chi connectivity index (χ0) is 11.8. The van der Waals surface area contributed by atoms with Crippen LogP contribution in [0.2, 0.25) is 5.15 Å². The second-order valence-corrected chi connectivity index (χ2v) is 4.85. The molecular weight excluding hydrogens is 302 g/mol. The standard InChI is InChI=1S/C12H8BrClN3/c13-9-7-15-17-11(14)6-10(16-12(9)17)8-4-2-1-3-5-8/h1-7,14H/q+1. The molecule has 0 amide bonds. The van der Waals surface area contributed by atoms with Crippen LogP contribution in [0, 0.1) is 11.6 Å². The first-order valence-corrected chi connectivity index (χ1v) is 6.22. The van der Waals surface area contributed by atoms with E-state index in [1.54, 1.807) is 10.7 Å². The molecule has 0 aliphatic carbocycles. The average molecular weight is 310 g/mol. The third-order valence-corrected chi connectivity index (χ3v) is 3.32. The van der Waals surface area contributed by atoms with Crippen molar-refractivity contribution in [1.29, 1.82) is 0 Å². The molecule has 3 rings (SSSR count). The van der Waals surface area contributed by atoms with Gasteiger partial charge in [-0.3, -0.25) is 0 Å². The number of halogens is 2. The van der Waals surface area contributed by atoms with E-state index in [0.717, 1.165) is 21.4 Å². The smallest absolute Gasteiger partial charge is 0.227 e. The van der Waals surface area contributed by atoms with Crippen molar-refractivity contribution < 1.29 is 11.6 Å².